The summed E-state index contributed by atoms with van der Waals surface area (Å²) in [5.41, 5.74) is 0. The second kappa shape index (κ2) is 4.20. The molecule has 0 aliphatic heterocycles. The Morgan fingerprint density at radius 3 is 3.00 bits per heavy atom. The van der Waals surface area contributed by atoms with Crippen molar-refractivity contribution in [2.24, 2.45) is 4.99 Å². The summed E-state index contributed by atoms with van der Waals surface area (Å²) in [5, 5.41) is 14.3. The van der Waals surface area contributed by atoms with Crippen LogP contribution in [0.15, 0.2) is 23.3 Å². The Kier molecular flexibility index (Phi) is 2.97. The van der Waals surface area contributed by atoms with Crippen LogP contribution in [0.5, 0.6) is 0 Å². The Labute approximate surface area is 76.1 Å². The van der Waals surface area contributed by atoms with Crippen molar-refractivity contribution < 1.29 is 0 Å². The van der Waals surface area contributed by atoms with Gasteiger partial charge in [0.05, 0.1) is 12.6 Å². The van der Waals surface area contributed by atoms with Crippen LogP contribution in [0, 0.1) is 10.8 Å². The molecule has 1 aromatic heterocycles. The van der Waals surface area contributed by atoms with Crippen molar-refractivity contribution in [3.63, 3.8) is 0 Å². The van der Waals surface area contributed by atoms with E-state index in [4.69, 9.17) is 10.8 Å². The normalized spacial score (nSPS) is 10.2. The Morgan fingerprint density at radius 2 is 2.46 bits per heavy atom. The highest BCUT2D eigenvalue weighted by Crippen LogP contribution is 2.04. The lowest BCUT2D eigenvalue weighted by molar-refractivity contribution is 0.776. The van der Waals surface area contributed by atoms with Crippen LogP contribution in [0.2, 0.25) is 0 Å². The second-order valence-electron chi connectivity index (χ2n) is 2.44. The average molecular weight is 177 g/mol. The minimum absolute atomic E-state index is 0.171. The molecule has 1 aromatic rings. The van der Waals surface area contributed by atoms with Crippen LogP contribution in [0.3, 0.4) is 0 Å². The van der Waals surface area contributed by atoms with E-state index < -0.39 is 0 Å². The molecule has 3 N–H and O–H groups in total. The smallest absolute Gasteiger partial charge is 0.144 e. The molecule has 0 spiro atoms. The topological polar surface area (TPSA) is 79.1 Å². The molecule has 13 heavy (non-hydrogen) atoms. The summed E-state index contributed by atoms with van der Waals surface area (Å²) in [6.07, 6.45) is 4.20. The van der Waals surface area contributed by atoms with Gasteiger partial charge in [0.1, 0.15) is 11.7 Å². The van der Waals surface area contributed by atoms with E-state index in [1.807, 2.05) is 6.07 Å². The van der Waals surface area contributed by atoms with Crippen molar-refractivity contribution in [1.82, 2.24) is 9.88 Å². The van der Waals surface area contributed by atoms with E-state index in [9.17, 15) is 0 Å². The SMILES string of the molecule is CN(C=N)C(=N)/C=N\c1ccc[nH]1. The van der Waals surface area contributed by atoms with Crippen LogP contribution in [0.25, 0.3) is 0 Å². The van der Waals surface area contributed by atoms with Gasteiger partial charge in [-0.1, -0.05) is 0 Å². The number of nitrogens with one attached hydrogen (secondary N) is 3. The van der Waals surface area contributed by atoms with Gasteiger partial charge < -0.3 is 9.88 Å². The van der Waals surface area contributed by atoms with E-state index in [0.717, 1.165) is 6.34 Å². The number of rotatable bonds is 3. The van der Waals surface area contributed by atoms with Crippen LogP contribution in [0.4, 0.5) is 5.82 Å². The molecule has 0 aromatic carbocycles. The summed E-state index contributed by atoms with van der Waals surface area (Å²) in [6, 6.07) is 3.63. The molecule has 1 heterocycles. The van der Waals surface area contributed by atoms with Gasteiger partial charge in [0, 0.05) is 13.2 Å². The molecule has 0 amide bonds. The number of hydrogen-bond donors (Lipinski definition) is 3. The number of aliphatic imine (C=N–C) groups is 1. The summed E-state index contributed by atoms with van der Waals surface area (Å²) in [7, 11) is 1.62. The third-order valence-electron chi connectivity index (χ3n) is 1.48. The van der Waals surface area contributed by atoms with Crippen molar-refractivity contribution in [3.8, 4) is 0 Å². The summed E-state index contributed by atoms with van der Waals surface area (Å²) in [6.45, 7) is 0. The zero-order valence-corrected chi connectivity index (χ0v) is 7.28. The highest BCUT2D eigenvalue weighted by atomic mass is 15.1. The molecule has 0 fully saturated rings. The fraction of sp³-hybridized carbons (Fsp3) is 0.125. The quantitative estimate of drug-likeness (QED) is 0.471. The molecule has 68 valence electrons. The summed E-state index contributed by atoms with van der Waals surface area (Å²) < 4.78 is 0. The van der Waals surface area contributed by atoms with Crippen molar-refractivity contribution in [2.45, 2.75) is 0 Å². The van der Waals surface area contributed by atoms with Crippen LogP contribution in [-0.2, 0) is 0 Å². The number of H-pyrrole nitrogens is 1. The first kappa shape index (κ1) is 9.18. The molecule has 0 bridgehead atoms. The van der Waals surface area contributed by atoms with Crippen LogP contribution in [-0.4, -0.2) is 35.3 Å². The van der Waals surface area contributed by atoms with Crippen molar-refractivity contribution in [1.29, 1.82) is 10.8 Å². The van der Waals surface area contributed by atoms with E-state index >= 15 is 0 Å². The van der Waals surface area contributed by atoms with Crippen molar-refractivity contribution in [3.05, 3.63) is 18.3 Å². The van der Waals surface area contributed by atoms with E-state index in [1.54, 1.807) is 19.3 Å². The maximum atomic E-state index is 7.41. The molecule has 5 heteroatoms. The predicted octanol–water partition coefficient (Wildman–Crippen LogP) is 1.23. The van der Waals surface area contributed by atoms with E-state index in [1.165, 1.54) is 11.1 Å². The highest BCUT2D eigenvalue weighted by molar-refractivity contribution is 6.30. The summed E-state index contributed by atoms with van der Waals surface area (Å²) in [4.78, 5) is 8.22. The first-order valence-electron chi connectivity index (χ1n) is 3.73. The second-order valence-corrected chi connectivity index (χ2v) is 2.44. The lowest BCUT2D eigenvalue weighted by Crippen LogP contribution is -2.24. The molecule has 0 saturated heterocycles. The maximum absolute atomic E-state index is 7.41. The monoisotopic (exact) mass is 177 g/mol. The van der Waals surface area contributed by atoms with Gasteiger partial charge in [0.2, 0.25) is 0 Å². The summed E-state index contributed by atoms with van der Waals surface area (Å²) >= 11 is 0. The van der Waals surface area contributed by atoms with E-state index in [0.29, 0.717) is 5.82 Å². The lowest BCUT2D eigenvalue weighted by Gasteiger charge is -2.07. The van der Waals surface area contributed by atoms with E-state index in [-0.39, 0.29) is 5.84 Å². The fourth-order valence-electron chi connectivity index (χ4n) is 0.692. The van der Waals surface area contributed by atoms with Crippen LogP contribution in [0.1, 0.15) is 0 Å². The van der Waals surface area contributed by atoms with E-state index in [2.05, 4.69) is 9.98 Å². The molecular formula is C8H11N5. The molecule has 0 saturated carbocycles. The Bertz CT molecular complexity index is 311. The zero-order valence-electron chi connectivity index (χ0n) is 7.28. The third kappa shape index (κ3) is 2.55. The number of aromatic amines is 1. The van der Waals surface area contributed by atoms with Gasteiger partial charge in [0.25, 0.3) is 0 Å². The summed E-state index contributed by atoms with van der Waals surface area (Å²) in [5.74, 6) is 0.868. The number of nitrogens with zero attached hydrogens (tertiary/aromatic N) is 2. The lowest BCUT2D eigenvalue weighted by atomic mass is 10.5. The van der Waals surface area contributed by atoms with Gasteiger partial charge in [-0.05, 0) is 12.1 Å². The standard InChI is InChI=1S/C8H11N5/c1-13(6-9)7(10)5-12-8-3-2-4-11-8/h2-6,9-11H,1H3/b9-6?,10-7?,12-5-. The largest absolute Gasteiger partial charge is 0.347 e. The number of amidine groups is 1. The van der Waals surface area contributed by atoms with Crippen molar-refractivity contribution >= 4 is 24.2 Å². The molecule has 0 aliphatic rings. The Morgan fingerprint density at radius 1 is 1.69 bits per heavy atom. The van der Waals surface area contributed by atoms with Gasteiger partial charge in [0.15, 0.2) is 0 Å². The average Bonchev–Trinajstić information content (AvgIpc) is 2.65. The van der Waals surface area contributed by atoms with Gasteiger partial charge in [-0.15, -0.1) is 0 Å². The molecule has 0 atom stereocenters. The van der Waals surface area contributed by atoms with Gasteiger partial charge in [-0.3, -0.25) is 10.8 Å². The molecule has 1 rings (SSSR count). The predicted molar refractivity (Wildman–Crippen MR) is 53.2 cm³/mol. The molecule has 5 nitrogen and oxygen atoms in total. The van der Waals surface area contributed by atoms with Gasteiger partial charge in [-0.2, -0.15) is 0 Å². The Hall–Kier alpha value is -1.91. The highest BCUT2D eigenvalue weighted by Gasteiger charge is 1.95. The van der Waals surface area contributed by atoms with Crippen LogP contribution < -0.4 is 0 Å². The number of aromatic nitrogens is 1. The first-order valence-corrected chi connectivity index (χ1v) is 3.73. The van der Waals surface area contributed by atoms with Gasteiger partial charge >= 0.3 is 0 Å². The first-order chi connectivity index (χ1) is 6.24. The third-order valence-corrected chi connectivity index (χ3v) is 1.48. The number of hydrogen-bond acceptors (Lipinski definition) is 3. The van der Waals surface area contributed by atoms with Gasteiger partial charge in [-0.25, -0.2) is 4.99 Å². The zero-order chi connectivity index (χ0) is 9.68. The molecular weight excluding hydrogens is 166 g/mol. The maximum Gasteiger partial charge on any atom is 0.144 e. The molecule has 0 unspecified atom stereocenters. The molecule has 0 aliphatic carbocycles. The van der Waals surface area contributed by atoms with Crippen LogP contribution >= 0.6 is 0 Å². The fourth-order valence-corrected chi connectivity index (χ4v) is 0.692. The minimum atomic E-state index is 0.171. The Balaban J connectivity index is 2.58. The van der Waals surface area contributed by atoms with Crippen molar-refractivity contribution in [2.75, 3.05) is 7.05 Å². The molecule has 0 radical (unpaired) electrons. The minimum Gasteiger partial charge on any atom is -0.347 e.